The predicted octanol–water partition coefficient (Wildman–Crippen LogP) is 5.56. The normalized spacial score (nSPS) is 11.8. The number of methoxy groups -OCH3 is 1. The lowest BCUT2D eigenvalue weighted by Gasteiger charge is -2.14. The van der Waals surface area contributed by atoms with Crippen molar-refractivity contribution >= 4 is 29.3 Å². The van der Waals surface area contributed by atoms with Crippen molar-refractivity contribution in [3.05, 3.63) is 58.6 Å². The molecule has 0 aliphatic heterocycles. The Labute approximate surface area is 159 Å². The van der Waals surface area contributed by atoms with Crippen LogP contribution >= 0.6 is 23.4 Å². The van der Waals surface area contributed by atoms with Crippen LogP contribution in [0.3, 0.4) is 0 Å². The van der Waals surface area contributed by atoms with Gasteiger partial charge >= 0.3 is 0 Å². The summed E-state index contributed by atoms with van der Waals surface area (Å²) >= 11 is 7.61. The molecule has 0 unspecified atom stereocenters. The van der Waals surface area contributed by atoms with Gasteiger partial charge in [-0.2, -0.15) is 0 Å². The van der Waals surface area contributed by atoms with Gasteiger partial charge in [-0.05, 0) is 55.8 Å². The minimum absolute atomic E-state index is 0.0404. The van der Waals surface area contributed by atoms with Crippen molar-refractivity contribution in [1.82, 2.24) is 5.32 Å². The van der Waals surface area contributed by atoms with E-state index in [9.17, 15) is 4.79 Å². The monoisotopic (exact) mass is 377 g/mol. The van der Waals surface area contributed by atoms with Crippen molar-refractivity contribution in [2.75, 3.05) is 7.11 Å². The van der Waals surface area contributed by atoms with Gasteiger partial charge in [0.15, 0.2) is 0 Å². The topological polar surface area (TPSA) is 38.3 Å². The van der Waals surface area contributed by atoms with E-state index < -0.39 is 0 Å². The molecule has 2 aromatic carbocycles. The van der Waals surface area contributed by atoms with Crippen molar-refractivity contribution in [3.8, 4) is 5.75 Å². The highest BCUT2D eigenvalue weighted by Crippen LogP contribution is 2.29. The van der Waals surface area contributed by atoms with Gasteiger partial charge in [0.1, 0.15) is 5.75 Å². The summed E-state index contributed by atoms with van der Waals surface area (Å²) in [6.07, 6.45) is 2.02. The van der Waals surface area contributed by atoms with Gasteiger partial charge in [0.2, 0.25) is 0 Å². The van der Waals surface area contributed by atoms with Crippen molar-refractivity contribution in [3.63, 3.8) is 0 Å². The molecule has 5 heteroatoms. The molecule has 0 saturated carbocycles. The zero-order valence-electron chi connectivity index (χ0n) is 14.8. The summed E-state index contributed by atoms with van der Waals surface area (Å²) in [7, 11) is 1.65. The van der Waals surface area contributed by atoms with Gasteiger partial charge in [-0.3, -0.25) is 4.79 Å². The van der Waals surface area contributed by atoms with Crippen LogP contribution in [0.15, 0.2) is 47.4 Å². The number of nitrogens with one attached hydrogen (secondary N) is 1. The van der Waals surface area contributed by atoms with Gasteiger partial charge < -0.3 is 10.1 Å². The second-order valence-corrected chi connectivity index (χ2v) is 7.42. The smallest absolute Gasteiger partial charge is 0.251 e. The van der Waals surface area contributed by atoms with Crippen LogP contribution in [0.4, 0.5) is 0 Å². The Balaban J connectivity index is 2.10. The Morgan fingerprint density at radius 1 is 1.24 bits per heavy atom. The molecule has 0 bridgehead atoms. The highest BCUT2D eigenvalue weighted by molar-refractivity contribution is 7.98. The summed E-state index contributed by atoms with van der Waals surface area (Å²) in [4.78, 5) is 13.5. The molecule has 1 N–H and O–H groups in total. The van der Waals surface area contributed by atoms with Gasteiger partial charge in [0.05, 0.1) is 7.11 Å². The number of ether oxygens (including phenoxy) is 1. The van der Waals surface area contributed by atoms with E-state index in [0.717, 1.165) is 39.8 Å². The maximum absolute atomic E-state index is 12.4. The Bertz CT molecular complexity index is 703. The molecule has 0 aliphatic rings. The molecule has 0 heterocycles. The number of halogens is 1. The first-order valence-electron chi connectivity index (χ1n) is 8.39. The number of thioether (sulfide) groups is 1. The molecule has 0 saturated heterocycles. The van der Waals surface area contributed by atoms with E-state index in [1.165, 1.54) is 0 Å². The average Bonchev–Trinajstić information content (AvgIpc) is 2.61. The third-order valence-corrected chi connectivity index (χ3v) is 5.16. The molecular formula is C20H24ClNO2S. The van der Waals surface area contributed by atoms with Gasteiger partial charge in [0.25, 0.3) is 5.91 Å². The molecule has 0 aromatic heterocycles. The van der Waals surface area contributed by atoms with E-state index in [4.69, 9.17) is 16.3 Å². The Morgan fingerprint density at radius 3 is 2.60 bits per heavy atom. The van der Waals surface area contributed by atoms with E-state index in [1.54, 1.807) is 18.9 Å². The lowest BCUT2D eigenvalue weighted by atomic mass is 10.1. The van der Waals surface area contributed by atoms with Crippen LogP contribution in [0.2, 0.25) is 5.02 Å². The molecule has 0 aliphatic carbocycles. The second-order valence-electron chi connectivity index (χ2n) is 5.93. The number of carbonyl (C=O) groups excluding carboxylic acids is 1. The highest BCUT2D eigenvalue weighted by atomic mass is 35.5. The zero-order chi connectivity index (χ0) is 18.2. The summed E-state index contributed by atoms with van der Waals surface area (Å²) < 4.78 is 5.44. The standard InChI is InChI=1S/C20H24ClNO2S/c1-4-5-14(2)22-20(23)15-6-11-19(24-3)16(12-15)13-25-18-9-7-17(21)8-10-18/h6-12,14H,4-5,13H2,1-3H3,(H,22,23)/t14-/m1/s1. The largest absolute Gasteiger partial charge is 0.496 e. The fourth-order valence-corrected chi connectivity index (χ4v) is 3.54. The number of carbonyl (C=O) groups is 1. The third-order valence-electron chi connectivity index (χ3n) is 3.85. The van der Waals surface area contributed by atoms with E-state index in [1.807, 2.05) is 49.4 Å². The number of rotatable bonds is 8. The van der Waals surface area contributed by atoms with E-state index >= 15 is 0 Å². The minimum Gasteiger partial charge on any atom is -0.496 e. The Kier molecular flexibility index (Phi) is 7.66. The number of benzene rings is 2. The summed E-state index contributed by atoms with van der Waals surface area (Å²) in [6, 6.07) is 13.5. The highest BCUT2D eigenvalue weighted by Gasteiger charge is 2.12. The van der Waals surface area contributed by atoms with Crippen molar-refractivity contribution in [1.29, 1.82) is 0 Å². The Hall–Kier alpha value is -1.65. The summed E-state index contributed by atoms with van der Waals surface area (Å²) in [5.74, 6) is 1.47. The molecule has 1 atom stereocenters. The third kappa shape index (κ3) is 5.98. The van der Waals surface area contributed by atoms with Gasteiger partial charge in [0, 0.05) is 32.8 Å². The van der Waals surface area contributed by atoms with Gasteiger partial charge in [-0.25, -0.2) is 0 Å². The molecule has 0 radical (unpaired) electrons. The summed E-state index contributed by atoms with van der Waals surface area (Å²) in [5.41, 5.74) is 1.66. The fraction of sp³-hybridized carbons (Fsp3) is 0.350. The second kappa shape index (κ2) is 9.73. The van der Waals surface area contributed by atoms with Gasteiger partial charge in [-0.1, -0.05) is 24.9 Å². The number of amides is 1. The lowest BCUT2D eigenvalue weighted by molar-refractivity contribution is 0.0938. The quantitative estimate of drug-likeness (QED) is 0.612. The van der Waals surface area contributed by atoms with Crippen molar-refractivity contribution < 1.29 is 9.53 Å². The fourth-order valence-electron chi connectivity index (χ4n) is 2.54. The number of hydrogen-bond acceptors (Lipinski definition) is 3. The molecule has 3 nitrogen and oxygen atoms in total. The van der Waals surface area contributed by atoms with Crippen LogP contribution in [0, 0.1) is 0 Å². The van der Waals surface area contributed by atoms with E-state index in [-0.39, 0.29) is 11.9 Å². The Morgan fingerprint density at radius 2 is 1.96 bits per heavy atom. The molecule has 0 fully saturated rings. The minimum atomic E-state index is -0.0404. The number of hydrogen-bond donors (Lipinski definition) is 1. The molecule has 25 heavy (non-hydrogen) atoms. The predicted molar refractivity (Wildman–Crippen MR) is 106 cm³/mol. The summed E-state index contributed by atoms with van der Waals surface area (Å²) in [5, 5.41) is 3.76. The van der Waals surface area contributed by atoms with Crippen LogP contribution in [-0.2, 0) is 5.75 Å². The van der Waals surface area contributed by atoms with E-state index in [0.29, 0.717) is 5.56 Å². The maximum Gasteiger partial charge on any atom is 0.251 e. The zero-order valence-corrected chi connectivity index (χ0v) is 16.4. The van der Waals surface area contributed by atoms with Crippen LogP contribution in [0.5, 0.6) is 5.75 Å². The maximum atomic E-state index is 12.4. The van der Waals surface area contributed by atoms with Gasteiger partial charge in [-0.15, -0.1) is 11.8 Å². The SMILES string of the molecule is CCC[C@@H](C)NC(=O)c1ccc(OC)c(CSc2ccc(Cl)cc2)c1. The molecule has 134 valence electrons. The lowest BCUT2D eigenvalue weighted by Crippen LogP contribution is -2.32. The molecule has 1 amide bonds. The van der Waals surface area contributed by atoms with Crippen molar-refractivity contribution in [2.24, 2.45) is 0 Å². The van der Waals surface area contributed by atoms with Crippen LogP contribution in [-0.4, -0.2) is 19.1 Å². The molecule has 0 spiro atoms. The van der Waals surface area contributed by atoms with Crippen molar-refractivity contribution in [2.45, 2.75) is 43.4 Å². The van der Waals surface area contributed by atoms with E-state index in [2.05, 4.69) is 12.2 Å². The first-order chi connectivity index (χ1) is 12.0. The van der Waals surface area contributed by atoms with Crippen LogP contribution in [0.25, 0.3) is 0 Å². The molecular weight excluding hydrogens is 354 g/mol. The van der Waals surface area contributed by atoms with Crippen LogP contribution < -0.4 is 10.1 Å². The molecule has 2 aromatic rings. The molecule has 2 rings (SSSR count). The first kappa shape index (κ1) is 19.7. The summed E-state index contributed by atoms with van der Waals surface area (Å²) in [6.45, 7) is 4.14. The average molecular weight is 378 g/mol. The first-order valence-corrected chi connectivity index (χ1v) is 9.76. The van der Waals surface area contributed by atoms with Crippen LogP contribution in [0.1, 0.15) is 42.6 Å².